The van der Waals surface area contributed by atoms with Gasteiger partial charge < -0.3 is 10.1 Å². The van der Waals surface area contributed by atoms with E-state index in [0.29, 0.717) is 11.4 Å². The predicted octanol–water partition coefficient (Wildman–Crippen LogP) is 3.95. The van der Waals surface area contributed by atoms with Crippen LogP contribution < -0.4 is 5.43 Å². The van der Waals surface area contributed by atoms with Gasteiger partial charge in [-0.3, -0.25) is 4.79 Å². The summed E-state index contributed by atoms with van der Waals surface area (Å²) in [6, 6.07) is 11.4. The van der Waals surface area contributed by atoms with Gasteiger partial charge in [-0.15, -0.1) is 6.42 Å². The predicted molar refractivity (Wildman–Crippen MR) is 103 cm³/mol. The second-order valence-corrected chi connectivity index (χ2v) is 5.66. The zero-order valence-electron chi connectivity index (χ0n) is 14.3. The molecule has 0 saturated heterocycles. The number of benzene rings is 2. The van der Waals surface area contributed by atoms with Crippen molar-refractivity contribution in [1.82, 2.24) is 10.4 Å². The van der Waals surface area contributed by atoms with Crippen LogP contribution >= 0.6 is 0 Å². The van der Waals surface area contributed by atoms with Crippen molar-refractivity contribution in [3.8, 4) is 18.1 Å². The number of aromatic nitrogens is 1. The van der Waals surface area contributed by atoms with Crippen LogP contribution in [-0.4, -0.2) is 21.7 Å². The summed E-state index contributed by atoms with van der Waals surface area (Å²) in [5, 5.41) is 18.2. The SMILES string of the molecule is C#Cc1ccc2[nH]c(/C(C)=N/NC(=O)c3cc(N=[N+]=[N-])ccc3O)cc2c1. The zero-order valence-corrected chi connectivity index (χ0v) is 14.3. The number of fused-ring (bicyclic) bond motifs is 1. The van der Waals surface area contributed by atoms with Crippen LogP contribution in [0.15, 0.2) is 52.7 Å². The Hall–Kier alpha value is -4.21. The summed E-state index contributed by atoms with van der Waals surface area (Å²) in [5.74, 6) is 1.70. The first-order valence-electron chi connectivity index (χ1n) is 7.84. The molecule has 3 rings (SSSR count). The van der Waals surface area contributed by atoms with Crippen LogP contribution in [0.5, 0.6) is 5.75 Å². The largest absolute Gasteiger partial charge is 0.507 e. The molecule has 0 saturated carbocycles. The Bertz CT molecular complexity index is 1160. The highest BCUT2D eigenvalue weighted by molar-refractivity contribution is 6.03. The number of aromatic amines is 1. The van der Waals surface area contributed by atoms with Crippen molar-refractivity contribution in [3.05, 3.63) is 69.7 Å². The Morgan fingerprint density at radius 1 is 1.30 bits per heavy atom. The molecule has 0 fully saturated rings. The maximum absolute atomic E-state index is 12.3. The number of hydrogen-bond donors (Lipinski definition) is 3. The molecule has 0 aliphatic heterocycles. The smallest absolute Gasteiger partial charge is 0.275 e. The number of carbonyl (C=O) groups is 1. The van der Waals surface area contributed by atoms with Gasteiger partial charge in [-0.25, -0.2) is 5.43 Å². The fraction of sp³-hybridized carbons (Fsp3) is 0.0526. The van der Waals surface area contributed by atoms with Gasteiger partial charge in [-0.2, -0.15) is 5.10 Å². The quantitative estimate of drug-likeness (QED) is 0.163. The molecule has 1 aromatic heterocycles. The Morgan fingerprint density at radius 3 is 2.85 bits per heavy atom. The number of phenols is 1. The molecule has 2 aromatic carbocycles. The summed E-state index contributed by atoms with van der Waals surface area (Å²) in [6.45, 7) is 1.73. The van der Waals surface area contributed by atoms with Gasteiger partial charge in [0.25, 0.3) is 5.91 Å². The maximum atomic E-state index is 12.3. The number of azide groups is 1. The van der Waals surface area contributed by atoms with Crippen LogP contribution in [0.25, 0.3) is 21.3 Å². The van der Waals surface area contributed by atoms with E-state index in [1.165, 1.54) is 18.2 Å². The average molecular weight is 358 g/mol. The first-order chi connectivity index (χ1) is 13.0. The van der Waals surface area contributed by atoms with Crippen LogP contribution in [0, 0.1) is 12.3 Å². The molecule has 8 nitrogen and oxygen atoms in total. The normalized spacial score (nSPS) is 10.9. The zero-order chi connectivity index (χ0) is 19.4. The van der Waals surface area contributed by atoms with Gasteiger partial charge in [0.2, 0.25) is 0 Å². The highest BCUT2D eigenvalue weighted by Gasteiger charge is 2.12. The van der Waals surface area contributed by atoms with E-state index in [4.69, 9.17) is 12.0 Å². The summed E-state index contributed by atoms with van der Waals surface area (Å²) in [5.41, 5.74) is 13.9. The molecule has 27 heavy (non-hydrogen) atoms. The number of hydrazone groups is 1. The molecular formula is C19H14N6O2. The number of phenolic OH excluding ortho intramolecular Hbond substituents is 1. The number of aromatic hydroxyl groups is 1. The molecule has 1 amide bonds. The Kier molecular flexibility index (Phi) is 4.79. The Balaban J connectivity index is 1.83. The number of nitrogens with zero attached hydrogens (tertiary/aromatic N) is 4. The van der Waals surface area contributed by atoms with Crippen LogP contribution in [0.4, 0.5) is 5.69 Å². The van der Waals surface area contributed by atoms with Gasteiger partial charge in [-0.05, 0) is 54.9 Å². The minimum atomic E-state index is -0.632. The number of hydrogen-bond acceptors (Lipinski definition) is 4. The van der Waals surface area contributed by atoms with Crippen LogP contribution in [-0.2, 0) is 0 Å². The van der Waals surface area contributed by atoms with Crippen molar-refractivity contribution in [1.29, 1.82) is 0 Å². The molecule has 0 radical (unpaired) electrons. The lowest BCUT2D eigenvalue weighted by Crippen LogP contribution is -2.19. The molecule has 1 heterocycles. The fourth-order valence-corrected chi connectivity index (χ4v) is 2.49. The lowest BCUT2D eigenvalue weighted by Gasteiger charge is -2.05. The van der Waals surface area contributed by atoms with E-state index < -0.39 is 5.91 Å². The lowest BCUT2D eigenvalue weighted by atomic mass is 10.1. The highest BCUT2D eigenvalue weighted by Crippen LogP contribution is 2.23. The van der Waals surface area contributed by atoms with Crippen molar-refractivity contribution in [2.45, 2.75) is 6.92 Å². The van der Waals surface area contributed by atoms with Crippen LogP contribution in [0.2, 0.25) is 0 Å². The molecule has 0 spiro atoms. The van der Waals surface area contributed by atoms with Crippen molar-refractivity contribution in [2.24, 2.45) is 10.2 Å². The number of amides is 1. The number of carbonyl (C=O) groups excluding carboxylic acids is 1. The van der Waals surface area contributed by atoms with Crippen molar-refractivity contribution < 1.29 is 9.90 Å². The van der Waals surface area contributed by atoms with Gasteiger partial charge in [0.05, 0.1) is 17.0 Å². The van der Waals surface area contributed by atoms with Crippen molar-refractivity contribution >= 4 is 28.2 Å². The average Bonchev–Trinajstić information content (AvgIpc) is 3.10. The summed E-state index contributed by atoms with van der Waals surface area (Å²) in [4.78, 5) is 18.1. The second kappa shape index (κ2) is 7.35. The first kappa shape index (κ1) is 17.6. The molecule has 0 bridgehead atoms. The number of terminal acetylenes is 1. The van der Waals surface area contributed by atoms with Gasteiger partial charge in [0.1, 0.15) is 5.75 Å². The molecule has 3 aromatic rings. The molecule has 0 atom stereocenters. The van der Waals surface area contributed by atoms with E-state index in [2.05, 4.69) is 31.5 Å². The summed E-state index contributed by atoms with van der Waals surface area (Å²) >= 11 is 0. The third kappa shape index (κ3) is 3.74. The molecule has 0 aliphatic rings. The van der Waals surface area contributed by atoms with E-state index >= 15 is 0 Å². The van der Waals surface area contributed by atoms with Gasteiger partial charge in [0, 0.05) is 27.1 Å². The molecule has 132 valence electrons. The standard InChI is InChI=1S/C19H14N6O2/c1-3-12-4-6-16-13(8-12)9-17(21-16)11(2)22-24-19(27)15-10-14(23-25-20)5-7-18(15)26/h1,4-10,21,26H,2H3,(H,24,27)/b22-11+. The van der Waals surface area contributed by atoms with E-state index in [-0.39, 0.29) is 17.0 Å². The van der Waals surface area contributed by atoms with Gasteiger partial charge >= 0.3 is 0 Å². The monoisotopic (exact) mass is 358 g/mol. The molecule has 3 N–H and O–H groups in total. The molecule has 0 unspecified atom stereocenters. The fourth-order valence-electron chi connectivity index (χ4n) is 2.49. The van der Waals surface area contributed by atoms with Crippen LogP contribution in [0.1, 0.15) is 28.5 Å². The third-order valence-corrected chi connectivity index (χ3v) is 3.89. The number of rotatable bonds is 4. The Labute approximate surface area is 154 Å². The van der Waals surface area contributed by atoms with E-state index in [1.807, 2.05) is 24.3 Å². The second-order valence-electron chi connectivity index (χ2n) is 5.66. The first-order valence-corrected chi connectivity index (χ1v) is 7.84. The van der Waals surface area contributed by atoms with E-state index in [1.54, 1.807) is 6.92 Å². The summed E-state index contributed by atoms with van der Waals surface area (Å²) in [7, 11) is 0. The molecule has 8 heteroatoms. The highest BCUT2D eigenvalue weighted by atomic mass is 16.3. The topological polar surface area (TPSA) is 126 Å². The summed E-state index contributed by atoms with van der Waals surface area (Å²) in [6.07, 6.45) is 5.41. The summed E-state index contributed by atoms with van der Waals surface area (Å²) < 4.78 is 0. The molecule has 0 aliphatic carbocycles. The number of nitrogens with one attached hydrogen (secondary N) is 2. The number of H-pyrrole nitrogens is 1. The lowest BCUT2D eigenvalue weighted by molar-refractivity contribution is 0.0952. The van der Waals surface area contributed by atoms with Crippen molar-refractivity contribution in [2.75, 3.05) is 0 Å². The van der Waals surface area contributed by atoms with E-state index in [9.17, 15) is 9.90 Å². The van der Waals surface area contributed by atoms with Gasteiger partial charge in [-0.1, -0.05) is 11.0 Å². The minimum Gasteiger partial charge on any atom is -0.507 e. The molecular weight excluding hydrogens is 344 g/mol. The maximum Gasteiger partial charge on any atom is 0.275 e. The van der Waals surface area contributed by atoms with Crippen LogP contribution in [0.3, 0.4) is 0 Å². The third-order valence-electron chi connectivity index (χ3n) is 3.89. The Morgan fingerprint density at radius 2 is 2.11 bits per heavy atom. The van der Waals surface area contributed by atoms with E-state index in [0.717, 1.165) is 16.5 Å². The van der Waals surface area contributed by atoms with Gasteiger partial charge in [0.15, 0.2) is 0 Å². The minimum absolute atomic E-state index is 0.0493. The van der Waals surface area contributed by atoms with Crippen molar-refractivity contribution in [3.63, 3.8) is 0 Å².